The minimum absolute atomic E-state index is 0.0330. The van der Waals surface area contributed by atoms with Crippen LogP contribution in [0.2, 0.25) is 0 Å². The molecule has 1 unspecified atom stereocenters. The van der Waals surface area contributed by atoms with Crippen molar-refractivity contribution >= 4 is 17.6 Å². The second-order valence-corrected chi connectivity index (χ2v) is 3.68. The standard InChI is InChI=1S/C7H9N3O2S/c8-6-4(1-9-7(11)10-6)5-2-13-3-12-5/h1,5H,2-3H2,(H3,8,9,10,11). The van der Waals surface area contributed by atoms with Crippen LogP contribution in [0.5, 0.6) is 0 Å². The molecule has 0 radical (unpaired) electrons. The predicted molar refractivity (Wildman–Crippen MR) is 50.4 cm³/mol. The molecule has 1 atom stereocenters. The van der Waals surface area contributed by atoms with Gasteiger partial charge in [0.1, 0.15) is 5.82 Å². The van der Waals surface area contributed by atoms with E-state index >= 15 is 0 Å². The average Bonchev–Trinajstić information content (AvgIpc) is 2.56. The molecule has 1 aliphatic heterocycles. The molecule has 0 saturated carbocycles. The van der Waals surface area contributed by atoms with Gasteiger partial charge in [0.25, 0.3) is 0 Å². The maximum absolute atomic E-state index is 10.8. The molecule has 5 nitrogen and oxygen atoms in total. The highest BCUT2D eigenvalue weighted by Gasteiger charge is 2.20. The Bertz CT molecular complexity index is 359. The van der Waals surface area contributed by atoms with Crippen LogP contribution in [0.15, 0.2) is 11.0 Å². The third-order valence-electron chi connectivity index (χ3n) is 1.84. The zero-order chi connectivity index (χ0) is 9.26. The Hall–Kier alpha value is -1.01. The van der Waals surface area contributed by atoms with Gasteiger partial charge < -0.3 is 10.5 Å². The summed E-state index contributed by atoms with van der Waals surface area (Å²) in [6.45, 7) is 0. The van der Waals surface area contributed by atoms with Crippen molar-refractivity contribution in [1.29, 1.82) is 0 Å². The molecule has 6 heteroatoms. The van der Waals surface area contributed by atoms with Crippen molar-refractivity contribution in [1.82, 2.24) is 9.97 Å². The molecule has 1 aromatic rings. The van der Waals surface area contributed by atoms with Gasteiger partial charge in [-0.2, -0.15) is 0 Å². The molecule has 70 valence electrons. The molecule has 3 N–H and O–H groups in total. The number of rotatable bonds is 1. The van der Waals surface area contributed by atoms with Crippen LogP contribution in [0.3, 0.4) is 0 Å². The molecule has 2 heterocycles. The Labute approximate surface area is 78.7 Å². The van der Waals surface area contributed by atoms with Crippen molar-refractivity contribution in [2.24, 2.45) is 0 Å². The van der Waals surface area contributed by atoms with Crippen LogP contribution >= 0.6 is 11.8 Å². The molecule has 0 amide bonds. The van der Waals surface area contributed by atoms with Crippen LogP contribution in [0, 0.1) is 0 Å². The highest BCUT2D eigenvalue weighted by molar-refractivity contribution is 7.99. The normalized spacial score (nSPS) is 22.0. The molecule has 1 aromatic heterocycles. The molecular formula is C7H9N3O2S. The van der Waals surface area contributed by atoms with Gasteiger partial charge in [-0.25, -0.2) is 9.78 Å². The highest BCUT2D eigenvalue weighted by atomic mass is 32.2. The number of aromatic nitrogens is 2. The van der Waals surface area contributed by atoms with Crippen molar-refractivity contribution < 1.29 is 4.74 Å². The summed E-state index contributed by atoms with van der Waals surface area (Å²) in [4.78, 5) is 16.8. The largest absolute Gasteiger partial charge is 0.385 e. The highest BCUT2D eigenvalue weighted by Crippen LogP contribution is 2.30. The Kier molecular flexibility index (Phi) is 2.24. The molecule has 0 bridgehead atoms. The molecule has 13 heavy (non-hydrogen) atoms. The molecule has 1 fully saturated rings. The summed E-state index contributed by atoms with van der Waals surface area (Å²) in [6.07, 6.45) is 1.44. The maximum atomic E-state index is 10.8. The van der Waals surface area contributed by atoms with E-state index in [0.717, 1.165) is 11.3 Å². The van der Waals surface area contributed by atoms with Gasteiger partial charge in [0.05, 0.1) is 12.0 Å². The number of hydrogen-bond donors (Lipinski definition) is 2. The molecule has 0 aromatic carbocycles. The molecule has 2 rings (SSSR count). The van der Waals surface area contributed by atoms with Gasteiger partial charge >= 0.3 is 5.69 Å². The summed E-state index contributed by atoms with van der Waals surface area (Å²) < 4.78 is 5.38. The maximum Gasteiger partial charge on any atom is 0.346 e. The summed E-state index contributed by atoms with van der Waals surface area (Å²) in [5, 5.41) is 0. The first-order valence-electron chi connectivity index (χ1n) is 3.81. The number of H-pyrrole nitrogens is 1. The fourth-order valence-corrected chi connectivity index (χ4v) is 2.03. The van der Waals surface area contributed by atoms with Gasteiger partial charge in [0, 0.05) is 17.5 Å². The first-order valence-corrected chi connectivity index (χ1v) is 4.97. The van der Waals surface area contributed by atoms with Crippen molar-refractivity contribution in [2.75, 3.05) is 17.4 Å². The second kappa shape index (κ2) is 3.39. The number of nitrogen functional groups attached to an aromatic ring is 1. The quantitative estimate of drug-likeness (QED) is 0.671. The molecule has 1 aliphatic rings. The number of aromatic amines is 1. The van der Waals surface area contributed by atoms with E-state index in [9.17, 15) is 4.79 Å². The fourth-order valence-electron chi connectivity index (χ4n) is 1.19. The monoisotopic (exact) mass is 199 g/mol. The van der Waals surface area contributed by atoms with E-state index < -0.39 is 5.69 Å². The van der Waals surface area contributed by atoms with Gasteiger partial charge in [-0.05, 0) is 0 Å². The van der Waals surface area contributed by atoms with E-state index in [4.69, 9.17) is 10.5 Å². The zero-order valence-corrected chi connectivity index (χ0v) is 7.63. The summed E-state index contributed by atoms with van der Waals surface area (Å²) in [7, 11) is 0. The number of thioether (sulfide) groups is 1. The first-order chi connectivity index (χ1) is 6.27. The average molecular weight is 199 g/mol. The second-order valence-electron chi connectivity index (χ2n) is 2.70. The van der Waals surface area contributed by atoms with Gasteiger partial charge in [0.2, 0.25) is 0 Å². The van der Waals surface area contributed by atoms with E-state index in [-0.39, 0.29) is 6.10 Å². The van der Waals surface area contributed by atoms with Gasteiger partial charge in [0.15, 0.2) is 0 Å². The van der Waals surface area contributed by atoms with Gasteiger partial charge in [-0.15, -0.1) is 11.8 Å². The fraction of sp³-hybridized carbons (Fsp3) is 0.429. The van der Waals surface area contributed by atoms with Crippen LogP contribution in [-0.4, -0.2) is 21.7 Å². The molecule has 0 spiro atoms. The topological polar surface area (TPSA) is 81.0 Å². The minimum Gasteiger partial charge on any atom is -0.385 e. The van der Waals surface area contributed by atoms with Crippen LogP contribution in [-0.2, 0) is 4.74 Å². The van der Waals surface area contributed by atoms with E-state index in [2.05, 4.69) is 9.97 Å². The smallest absolute Gasteiger partial charge is 0.346 e. The third-order valence-corrected chi connectivity index (χ3v) is 2.68. The lowest BCUT2D eigenvalue weighted by molar-refractivity contribution is 0.125. The molecular weight excluding hydrogens is 190 g/mol. The summed E-state index contributed by atoms with van der Waals surface area (Å²) in [5.74, 6) is 1.88. The number of nitrogens with two attached hydrogens (primary N) is 1. The number of hydrogen-bond acceptors (Lipinski definition) is 5. The molecule has 0 aliphatic carbocycles. The lowest BCUT2D eigenvalue weighted by Gasteiger charge is -2.09. The first kappa shape index (κ1) is 8.58. The number of nitrogens with zero attached hydrogens (tertiary/aromatic N) is 1. The van der Waals surface area contributed by atoms with Crippen LogP contribution in [0.1, 0.15) is 11.7 Å². The SMILES string of the molecule is Nc1[nH]c(=O)ncc1C1CSCO1. The lowest BCUT2D eigenvalue weighted by Crippen LogP contribution is -2.16. The predicted octanol–water partition coefficient (Wildman–Crippen LogP) is 0.114. The van der Waals surface area contributed by atoms with Crippen LogP contribution < -0.4 is 11.4 Å². The number of nitrogens with one attached hydrogen (secondary N) is 1. The van der Waals surface area contributed by atoms with Crippen molar-refractivity contribution in [3.05, 3.63) is 22.2 Å². The van der Waals surface area contributed by atoms with Gasteiger partial charge in [-0.1, -0.05) is 0 Å². The van der Waals surface area contributed by atoms with Gasteiger partial charge in [-0.3, -0.25) is 4.98 Å². The van der Waals surface area contributed by atoms with E-state index in [1.54, 1.807) is 11.8 Å². The minimum atomic E-state index is -0.424. The third kappa shape index (κ3) is 1.68. The number of ether oxygens (including phenoxy) is 1. The van der Waals surface area contributed by atoms with Crippen molar-refractivity contribution in [3.63, 3.8) is 0 Å². The van der Waals surface area contributed by atoms with Crippen LogP contribution in [0.25, 0.3) is 0 Å². The summed E-state index contributed by atoms with van der Waals surface area (Å²) >= 11 is 1.69. The van der Waals surface area contributed by atoms with E-state index in [1.165, 1.54) is 6.20 Å². The van der Waals surface area contributed by atoms with Crippen molar-refractivity contribution in [2.45, 2.75) is 6.10 Å². The number of anilines is 1. The Morgan fingerprint density at radius 3 is 3.23 bits per heavy atom. The van der Waals surface area contributed by atoms with E-state index in [1.807, 2.05) is 0 Å². The Balaban J connectivity index is 2.34. The van der Waals surface area contributed by atoms with Crippen LogP contribution in [0.4, 0.5) is 5.82 Å². The summed E-state index contributed by atoms with van der Waals surface area (Å²) in [5.41, 5.74) is 5.96. The molecule has 1 saturated heterocycles. The van der Waals surface area contributed by atoms with E-state index in [0.29, 0.717) is 11.8 Å². The lowest BCUT2D eigenvalue weighted by atomic mass is 10.2. The van der Waals surface area contributed by atoms with Crippen molar-refractivity contribution in [3.8, 4) is 0 Å². The Morgan fingerprint density at radius 2 is 2.62 bits per heavy atom. The Morgan fingerprint density at radius 1 is 1.77 bits per heavy atom. The summed E-state index contributed by atoms with van der Waals surface area (Å²) in [6, 6.07) is 0. The zero-order valence-electron chi connectivity index (χ0n) is 6.82.